The predicted molar refractivity (Wildman–Crippen MR) is 111 cm³/mol. The van der Waals surface area contributed by atoms with Crippen LogP contribution in [-0.4, -0.2) is 22.3 Å². The molecule has 0 spiro atoms. The fraction of sp³-hybridized carbons (Fsp3) is 0.125. The van der Waals surface area contributed by atoms with Crippen LogP contribution in [0.5, 0.6) is 0 Å². The minimum atomic E-state index is -0.0466. The Labute approximate surface area is 167 Å². The molecule has 1 N–H and O–H groups in total. The van der Waals surface area contributed by atoms with Crippen molar-refractivity contribution in [2.75, 3.05) is 6.54 Å². The zero-order valence-corrected chi connectivity index (χ0v) is 15.8. The second kappa shape index (κ2) is 5.73. The molecule has 0 saturated carbocycles. The van der Waals surface area contributed by atoms with Crippen LogP contribution in [0.3, 0.4) is 0 Å². The molecule has 2 aliphatic rings. The lowest BCUT2D eigenvalue weighted by atomic mass is 9.83. The van der Waals surface area contributed by atoms with E-state index in [4.69, 9.17) is 11.6 Å². The second-order valence-electron chi connectivity index (χ2n) is 7.55. The Balaban J connectivity index is 1.63. The Morgan fingerprint density at radius 3 is 2.54 bits per heavy atom. The molecule has 28 heavy (non-hydrogen) atoms. The molecule has 0 radical (unpaired) electrons. The summed E-state index contributed by atoms with van der Waals surface area (Å²) in [6.45, 7) is 0.661. The van der Waals surface area contributed by atoms with E-state index in [1.165, 1.54) is 16.5 Å². The van der Waals surface area contributed by atoms with Crippen LogP contribution < -0.4 is 0 Å². The molecule has 2 aliphatic heterocycles. The van der Waals surface area contributed by atoms with Crippen molar-refractivity contribution in [3.8, 4) is 0 Å². The van der Waals surface area contributed by atoms with Crippen molar-refractivity contribution in [3.05, 3.63) is 106 Å². The summed E-state index contributed by atoms with van der Waals surface area (Å²) in [5, 5.41) is 1.95. The first kappa shape index (κ1) is 16.0. The maximum Gasteiger partial charge on any atom is 0.255 e. The highest BCUT2D eigenvalue weighted by atomic mass is 35.5. The largest absolute Gasteiger partial charge is 0.356 e. The van der Waals surface area contributed by atoms with Crippen molar-refractivity contribution >= 4 is 28.4 Å². The van der Waals surface area contributed by atoms with Crippen molar-refractivity contribution in [1.82, 2.24) is 9.88 Å². The van der Waals surface area contributed by atoms with Crippen molar-refractivity contribution in [1.29, 1.82) is 0 Å². The topological polar surface area (TPSA) is 36.1 Å². The predicted octanol–water partition coefficient (Wildman–Crippen LogP) is 5.51. The van der Waals surface area contributed by atoms with Gasteiger partial charge >= 0.3 is 0 Å². The lowest BCUT2D eigenvalue weighted by molar-refractivity contribution is 0.0727. The summed E-state index contributed by atoms with van der Waals surface area (Å²) in [5.41, 5.74) is 6.63. The number of hydrogen-bond acceptors (Lipinski definition) is 1. The molecule has 1 amide bonds. The van der Waals surface area contributed by atoms with Crippen LogP contribution in [0.15, 0.2) is 72.8 Å². The zero-order chi connectivity index (χ0) is 18.8. The van der Waals surface area contributed by atoms with Crippen LogP contribution in [0, 0.1) is 0 Å². The maximum absolute atomic E-state index is 13.2. The first-order chi connectivity index (χ1) is 13.7. The number of aromatic nitrogens is 1. The average Bonchev–Trinajstić information content (AvgIpc) is 3.25. The number of halogens is 1. The zero-order valence-electron chi connectivity index (χ0n) is 15.0. The number of carbonyl (C=O) groups is 1. The summed E-state index contributed by atoms with van der Waals surface area (Å²) in [7, 11) is 0. The Hall–Kier alpha value is -3.04. The molecule has 3 heterocycles. The molecule has 136 valence electrons. The molecule has 4 heteroatoms. The van der Waals surface area contributed by atoms with Gasteiger partial charge in [0.1, 0.15) is 0 Å². The van der Waals surface area contributed by atoms with E-state index in [1.54, 1.807) is 0 Å². The van der Waals surface area contributed by atoms with E-state index >= 15 is 0 Å². The summed E-state index contributed by atoms with van der Waals surface area (Å²) in [4.78, 5) is 18.8. The van der Waals surface area contributed by atoms with E-state index in [0.29, 0.717) is 6.54 Å². The first-order valence-electron chi connectivity index (χ1n) is 9.48. The number of nitrogens with zero attached hydrogens (tertiary/aromatic N) is 1. The van der Waals surface area contributed by atoms with Gasteiger partial charge in [0.25, 0.3) is 5.91 Å². The lowest BCUT2D eigenvalue weighted by Gasteiger charge is -2.36. The third kappa shape index (κ3) is 2.08. The van der Waals surface area contributed by atoms with E-state index in [9.17, 15) is 4.79 Å². The molecule has 3 nitrogen and oxygen atoms in total. The third-order valence-electron chi connectivity index (χ3n) is 6.11. The number of rotatable bonds is 1. The van der Waals surface area contributed by atoms with E-state index in [2.05, 4.69) is 41.4 Å². The van der Waals surface area contributed by atoms with Crippen LogP contribution in [0.2, 0.25) is 5.02 Å². The van der Waals surface area contributed by atoms with Gasteiger partial charge < -0.3 is 9.88 Å². The van der Waals surface area contributed by atoms with E-state index in [0.717, 1.165) is 27.4 Å². The van der Waals surface area contributed by atoms with Crippen molar-refractivity contribution in [3.63, 3.8) is 0 Å². The maximum atomic E-state index is 13.2. The molecule has 0 fully saturated rings. The standard InChI is InChI=1S/C24H17ClN2O/c25-15-11-9-14(10-12-15)19-13-27-23(16-5-1-2-6-17(16)24(27)28)22-21(19)18-7-3-4-8-20(18)26-22/h1-12,19,23,26H,13H2/t19-,23-/m0/s1. The first-order valence-corrected chi connectivity index (χ1v) is 9.86. The quantitative estimate of drug-likeness (QED) is 0.461. The Morgan fingerprint density at radius 1 is 0.929 bits per heavy atom. The van der Waals surface area contributed by atoms with Gasteiger partial charge in [0.2, 0.25) is 0 Å². The van der Waals surface area contributed by atoms with Crippen LogP contribution in [0.4, 0.5) is 0 Å². The molecule has 0 aliphatic carbocycles. The number of aromatic amines is 1. The fourth-order valence-corrected chi connectivity index (χ4v) is 5.03. The molecule has 1 aromatic heterocycles. The Morgan fingerprint density at radius 2 is 1.68 bits per heavy atom. The van der Waals surface area contributed by atoms with Crippen LogP contribution in [0.25, 0.3) is 10.9 Å². The monoisotopic (exact) mass is 384 g/mol. The number of carbonyl (C=O) groups excluding carboxylic acids is 1. The summed E-state index contributed by atoms with van der Waals surface area (Å²) in [6.07, 6.45) is 0. The van der Waals surface area contributed by atoms with Gasteiger partial charge in [-0.05, 0) is 41.0 Å². The minimum Gasteiger partial charge on any atom is -0.356 e. The Bertz CT molecular complexity index is 1240. The second-order valence-corrected chi connectivity index (χ2v) is 7.99. The molecule has 6 rings (SSSR count). The van der Waals surface area contributed by atoms with Gasteiger partial charge in [0.05, 0.1) is 6.04 Å². The van der Waals surface area contributed by atoms with Gasteiger partial charge in [0, 0.05) is 39.6 Å². The number of hydrogen-bond donors (Lipinski definition) is 1. The van der Waals surface area contributed by atoms with E-state index < -0.39 is 0 Å². The molecule has 0 saturated heterocycles. The van der Waals surface area contributed by atoms with Crippen molar-refractivity contribution in [2.45, 2.75) is 12.0 Å². The van der Waals surface area contributed by atoms with Crippen LogP contribution in [-0.2, 0) is 0 Å². The van der Waals surface area contributed by atoms with Gasteiger partial charge in [-0.3, -0.25) is 4.79 Å². The summed E-state index contributed by atoms with van der Waals surface area (Å²) in [5.74, 6) is 0.224. The molecule has 0 unspecified atom stereocenters. The summed E-state index contributed by atoms with van der Waals surface area (Å²) in [6, 6.07) is 24.4. The molecule has 0 bridgehead atoms. The number of fused-ring (bicyclic) bond motifs is 7. The minimum absolute atomic E-state index is 0.0466. The van der Waals surface area contributed by atoms with Crippen LogP contribution >= 0.6 is 11.6 Å². The van der Waals surface area contributed by atoms with Crippen LogP contribution in [0.1, 0.15) is 44.7 Å². The normalized spacial score (nSPS) is 20.2. The van der Waals surface area contributed by atoms with Crippen molar-refractivity contribution in [2.24, 2.45) is 0 Å². The van der Waals surface area contributed by atoms with E-state index in [-0.39, 0.29) is 17.9 Å². The SMILES string of the molecule is O=C1c2ccccc2[C@H]2c3[nH]c4ccccc4c3[C@H](c3ccc(Cl)cc3)CN12. The number of nitrogens with one attached hydrogen (secondary N) is 1. The van der Waals surface area contributed by atoms with Gasteiger partial charge in [-0.15, -0.1) is 0 Å². The lowest BCUT2D eigenvalue weighted by Crippen LogP contribution is -2.37. The number of amides is 1. The molecule has 3 aromatic carbocycles. The highest BCUT2D eigenvalue weighted by molar-refractivity contribution is 6.30. The average molecular weight is 385 g/mol. The van der Waals surface area contributed by atoms with E-state index in [1.807, 2.05) is 41.3 Å². The molecule has 4 aromatic rings. The van der Waals surface area contributed by atoms with Gasteiger partial charge in [0.15, 0.2) is 0 Å². The van der Waals surface area contributed by atoms with Crippen molar-refractivity contribution < 1.29 is 4.79 Å². The number of H-pyrrole nitrogens is 1. The number of para-hydroxylation sites is 1. The van der Waals surface area contributed by atoms with Gasteiger partial charge in [-0.1, -0.05) is 60.1 Å². The Kier molecular flexibility index (Phi) is 3.27. The highest BCUT2D eigenvalue weighted by Gasteiger charge is 2.45. The molecule has 2 atom stereocenters. The smallest absolute Gasteiger partial charge is 0.255 e. The number of benzene rings is 3. The third-order valence-corrected chi connectivity index (χ3v) is 6.36. The molecular formula is C24H17ClN2O. The fourth-order valence-electron chi connectivity index (χ4n) is 4.90. The molecular weight excluding hydrogens is 368 g/mol. The summed E-state index contributed by atoms with van der Waals surface area (Å²) >= 11 is 6.13. The summed E-state index contributed by atoms with van der Waals surface area (Å²) < 4.78 is 0. The van der Waals surface area contributed by atoms with Gasteiger partial charge in [-0.25, -0.2) is 0 Å². The van der Waals surface area contributed by atoms with Gasteiger partial charge in [-0.2, -0.15) is 0 Å². The highest BCUT2D eigenvalue weighted by Crippen LogP contribution is 2.49.